The molecule has 0 aliphatic carbocycles. The van der Waals surface area contributed by atoms with Gasteiger partial charge in [0.25, 0.3) is 0 Å². The van der Waals surface area contributed by atoms with Gasteiger partial charge in [-0.25, -0.2) is 0 Å². The monoisotopic (exact) mass is 470 g/mol. The van der Waals surface area contributed by atoms with E-state index in [1.165, 1.54) is 21.3 Å². The van der Waals surface area contributed by atoms with Crippen LogP contribution in [0.1, 0.15) is 29.3 Å². The fourth-order valence-electron chi connectivity index (χ4n) is 3.25. The second-order valence-corrected chi connectivity index (χ2v) is 12.8. The van der Waals surface area contributed by atoms with E-state index in [2.05, 4.69) is 0 Å². The van der Waals surface area contributed by atoms with Crippen LogP contribution in [0.3, 0.4) is 0 Å². The Balaban J connectivity index is 0.000000311. The summed E-state index contributed by atoms with van der Waals surface area (Å²) in [5, 5.41) is 19.9. The van der Waals surface area contributed by atoms with Crippen LogP contribution in [0.15, 0.2) is 54.6 Å². The van der Waals surface area contributed by atoms with Gasteiger partial charge >= 0.3 is 17.6 Å². The summed E-state index contributed by atoms with van der Waals surface area (Å²) in [4.78, 5) is 0. The Labute approximate surface area is 187 Å². The molecule has 2 N–H and O–H groups in total. The molecule has 2 atom stereocenters. The number of rotatable bonds is 10. The number of phenols is 1. The normalized spacial score (nSPS) is 13.8. The quantitative estimate of drug-likeness (QED) is 0.512. The molecule has 31 heavy (non-hydrogen) atoms. The molecule has 0 saturated carbocycles. The summed E-state index contributed by atoms with van der Waals surface area (Å²) in [6.45, 7) is 1.93. The molecule has 0 radical (unpaired) electrons. The Hall–Kier alpha value is -1.61. The highest BCUT2D eigenvalue weighted by molar-refractivity contribution is 6.62. The average Bonchev–Trinajstić information content (AvgIpc) is 2.83. The smallest absolute Gasteiger partial charge is 0.508 e. The number of aliphatic hydroxyl groups is 1. The van der Waals surface area contributed by atoms with Gasteiger partial charge in [-0.05, 0) is 11.6 Å². The minimum absolute atomic E-state index is 0.117. The third-order valence-electron chi connectivity index (χ3n) is 5.09. The average molecular weight is 471 g/mol. The van der Waals surface area contributed by atoms with Crippen molar-refractivity contribution in [2.24, 2.45) is 0 Å². The van der Waals surface area contributed by atoms with Crippen LogP contribution < -0.4 is 0 Å². The minimum atomic E-state index is -3.01. The van der Waals surface area contributed by atoms with Crippen LogP contribution in [0.5, 0.6) is 5.75 Å². The zero-order valence-corrected chi connectivity index (χ0v) is 21.2. The highest BCUT2D eigenvalue weighted by atomic mass is 28.4. The molecule has 8 nitrogen and oxygen atoms in total. The maximum atomic E-state index is 10.1. The van der Waals surface area contributed by atoms with Gasteiger partial charge in [0.05, 0.1) is 5.54 Å². The number of phenolic OH excluding ortho intramolecular Hbond substituents is 1. The Morgan fingerprint density at radius 1 is 0.645 bits per heavy atom. The molecule has 0 bridgehead atoms. The van der Waals surface area contributed by atoms with E-state index >= 15 is 0 Å². The van der Waals surface area contributed by atoms with Crippen molar-refractivity contribution in [3.63, 3.8) is 0 Å². The third-order valence-corrected chi connectivity index (χ3v) is 10.9. The zero-order chi connectivity index (χ0) is 23.5. The predicted octanol–water partition coefficient (Wildman–Crippen LogP) is 3.05. The molecule has 0 spiro atoms. The number of aliphatic hydroxyl groups excluding tert-OH is 1. The van der Waals surface area contributed by atoms with Crippen LogP contribution in [0, 0.1) is 0 Å². The topological polar surface area (TPSA) is 95.8 Å². The third kappa shape index (κ3) is 6.45. The van der Waals surface area contributed by atoms with Crippen molar-refractivity contribution in [2.45, 2.75) is 18.2 Å². The van der Waals surface area contributed by atoms with E-state index < -0.39 is 23.3 Å². The van der Waals surface area contributed by atoms with Crippen molar-refractivity contribution >= 4 is 17.6 Å². The Bertz CT molecular complexity index is 738. The van der Waals surface area contributed by atoms with Crippen LogP contribution in [0.4, 0.5) is 0 Å². The molecule has 0 aromatic heterocycles. The van der Waals surface area contributed by atoms with E-state index in [0.717, 1.165) is 11.1 Å². The van der Waals surface area contributed by atoms with Crippen molar-refractivity contribution in [3.05, 3.63) is 65.7 Å². The highest BCUT2D eigenvalue weighted by Crippen LogP contribution is 2.33. The van der Waals surface area contributed by atoms with Crippen LogP contribution in [-0.2, 0) is 26.6 Å². The molecule has 2 aromatic carbocycles. The number of benzene rings is 2. The van der Waals surface area contributed by atoms with Crippen molar-refractivity contribution in [2.75, 3.05) is 42.7 Å². The van der Waals surface area contributed by atoms with E-state index in [-0.39, 0.29) is 11.3 Å². The molecule has 10 heteroatoms. The van der Waals surface area contributed by atoms with Crippen LogP contribution >= 0.6 is 0 Å². The van der Waals surface area contributed by atoms with Crippen LogP contribution in [-0.4, -0.2) is 70.5 Å². The summed E-state index contributed by atoms with van der Waals surface area (Å²) in [5.41, 5.74) is 0.529. The van der Waals surface area contributed by atoms with Gasteiger partial charge < -0.3 is 36.8 Å². The first-order valence-corrected chi connectivity index (χ1v) is 13.2. The molecule has 2 rings (SSSR count). The summed E-state index contributed by atoms with van der Waals surface area (Å²) in [6.07, 6.45) is 0. The molecule has 0 aliphatic rings. The molecule has 0 heterocycles. The number of hydrogen-bond donors (Lipinski definition) is 2. The maximum absolute atomic E-state index is 10.1. The predicted molar refractivity (Wildman–Crippen MR) is 121 cm³/mol. The van der Waals surface area contributed by atoms with E-state index in [4.69, 9.17) is 26.6 Å². The fourth-order valence-corrected chi connectivity index (χ4v) is 7.20. The number of aromatic hydroxyl groups is 1. The van der Waals surface area contributed by atoms with Gasteiger partial charge in [-0.3, -0.25) is 0 Å². The second kappa shape index (κ2) is 13.1. The van der Waals surface area contributed by atoms with Gasteiger partial charge in [-0.15, -0.1) is 0 Å². The van der Waals surface area contributed by atoms with Crippen LogP contribution in [0.2, 0.25) is 0 Å². The number of hydrogen-bond acceptors (Lipinski definition) is 8. The second-order valence-electron chi connectivity index (χ2n) is 6.53. The lowest BCUT2D eigenvalue weighted by atomic mass is 10.1. The SMILES string of the molecule is CO[Si](OC)(OC)C(C)c1ccccc1O.CO[Si](OC)(OC)C(O)c1ccccc1. The lowest BCUT2D eigenvalue weighted by Crippen LogP contribution is -2.49. The highest BCUT2D eigenvalue weighted by Gasteiger charge is 2.48. The lowest BCUT2D eigenvalue weighted by Gasteiger charge is -2.30. The molecular weight excluding hydrogens is 436 g/mol. The summed E-state index contributed by atoms with van der Waals surface area (Å²) in [5.74, 6) is 0.234. The van der Waals surface area contributed by atoms with Gasteiger partial charge in [0.2, 0.25) is 0 Å². The van der Waals surface area contributed by atoms with E-state index in [1.54, 1.807) is 33.5 Å². The van der Waals surface area contributed by atoms with E-state index in [0.29, 0.717) is 0 Å². The molecule has 0 aliphatic heterocycles. The van der Waals surface area contributed by atoms with Gasteiger partial charge in [0.15, 0.2) is 0 Å². The van der Waals surface area contributed by atoms with Crippen molar-refractivity contribution in [1.29, 1.82) is 0 Å². The largest absolute Gasteiger partial charge is 0.535 e. The minimum Gasteiger partial charge on any atom is -0.508 e. The number of para-hydroxylation sites is 1. The Kier molecular flexibility index (Phi) is 11.6. The molecular formula is C21H34O8Si2. The van der Waals surface area contributed by atoms with Gasteiger partial charge in [-0.1, -0.05) is 55.5 Å². The van der Waals surface area contributed by atoms with Gasteiger partial charge in [-0.2, -0.15) is 0 Å². The molecule has 174 valence electrons. The molecule has 2 unspecified atom stereocenters. The molecule has 0 saturated heterocycles. The fraction of sp³-hybridized carbons (Fsp3) is 0.429. The van der Waals surface area contributed by atoms with E-state index in [9.17, 15) is 10.2 Å². The Morgan fingerprint density at radius 3 is 1.48 bits per heavy atom. The summed E-state index contributed by atoms with van der Waals surface area (Å²) in [7, 11) is 3.37. The van der Waals surface area contributed by atoms with Crippen molar-refractivity contribution < 1.29 is 36.8 Å². The van der Waals surface area contributed by atoms with Gasteiger partial charge in [0.1, 0.15) is 11.5 Å². The summed E-state index contributed by atoms with van der Waals surface area (Å²) in [6, 6.07) is 16.3. The zero-order valence-electron chi connectivity index (χ0n) is 19.2. The first-order chi connectivity index (χ1) is 14.8. The first-order valence-electron chi connectivity index (χ1n) is 9.63. The lowest BCUT2D eigenvalue weighted by molar-refractivity contribution is 0.0584. The summed E-state index contributed by atoms with van der Waals surface area (Å²) >= 11 is 0. The van der Waals surface area contributed by atoms with Crippen LogP contribution in [0.25, 0.3) is 0 Å². The Morgan fingerprint density at radius 2 is 1.06 bits per heavy atom. The van der Waals surface area contributed by atoms with Crippen molar-refractivity contribution in [1.82, 2.24) is 0 Å². The van der Waals surface area contributed by atoms with Crippen molar-refractivity contribution in [3.8, 4) is 5.75 Å². The molecule has 0 amide bonds. The maximum Gasteiger partial charge on any atom is 0.535 e. The van der Waals surface area contributed by atoms with Gasteiger partial charge in [0, 0.05) is 48.2 Å². The summed E-state index contributed by atoms with van der Waals surface area (Å²) < 4.78 is 31.8. The standard InChI is InChI=1S/C11H18O4Si.C10H16O4Si/c1-9(16(13-2,14-3)15-4)10-7-5-6-8-11(10)12;1-12-15(13-2,14-3)10(11)9-7-5-4-6-8-9/h5-9,12H,1-4H3;4-8,10-11H,1-3H3. The molecule has 0 fully saturated rings. The van der Waals surface area contributed by atoms with E-state index in [1.807, 2.05) is 49.4 Å². The molecule has 2 aromatic rings. The first kappa shape index (κ1) is 27.4.